The number of benzene rings is 1. The molecule has 0 unspecified atom stereocenters. The van der Waals surface area contributed by atoms with E-state index in [0.717, 1.165) is 5.56 Å². The molecule has 1 aromatic carbocycles. The van der Waals surface area contributed by atoms with Crippen LogP contribution in [0.2, 0.25) is 0 Å². The Bertz CT molecular complexity index is 602. The second-order valence-electron chi connectivity index (χ2n) is 5.17. The minimum atomic E-state index is -0.890. The number of ether oxygens (including phenoxy) is 2. The lowest BCUT2D eigenvalue weighted by atomic mass is 10.2. The molecule has 2 N–H and O–H groups in total. The summed E-state index contributed by atoms with van der Waals surface area (Å²) in [6, 6.07) is 8.20. The van der Waals surface area contributed by atoms with E-state index in [2.05, 4.69) is 15.4 Å². The van der Waals surface area contributed by atoms with Crippen molar-refractivity contribution < 1.29 is 28.7 Å². The molecule has 0 heterocycles. The summed E-state index contributed by atoms with van der Waals surface area (Å²) in [7, 11) is 0. The minimum absolute atomic E-state index is 0.0824. The Morgan fingerprint density at radius 2 is 1.76 bits per heavy atom. The van der Waals surface area contributed by atoms with Crippen LogP contribution in [0.5, 0.6) is 0 Å². The van der Waals surface area contributed by atoms with Gasteiger partial charge in [0, 0.05) is 0 Å². The van der Waals surface area contributed by atoms with Gasteiger partial charge in [-0.25, -0.2) is 4.79 Å². The lowest BCUT2D eigenvalue weighted by Crippen LogP contribution is -2.46. The maximum atomic E-state index is 11.8. The van der Waals surface area contributed by atoms with Crippen LogP contribution in [0.15, 0.2) is 30.3 Å². The molecule has 0 aliphatic carbocycles. The van der Waals surface area contributed by atoms with Gasteiger partial charge in [0.2, 0.25) is 5.91 Å². The molecule has 1 aromatic rings. The van der Waals surface area contributed by atoms with Crippen molar-refractivity contribution in [1.29, 1.82) is 0 Å². The number of amides is 2. The molecule has 0 spiro atoms. The number of carbonyl (C=O) groups is 4. The Labute approximate surface area is 145 Å². The van der Waals surface area contributed by atoms with Gasteiger partial charge in [-0.1, -0.05) is 30.3 Å². The summed E-state index contributed by atoms with van der Waals surface area (Å²) in [5.74, 6) is -1.68. The van der Waals surface area contributed by atoms with E-state index in [1.807, 2.05) is 18.2 Å². The van der Waals surface area contributed by atoms with E-state index in [9.17, 15) is 19.2 Å². The van der Waals surface area contributed by atoms with Gasteiger partial charge in [0.15, 0.2) is 5.78 Å². The maximum absolute atomic E-state index is 11.8. The summed E-state index contributed by atoms with van der Waals surface area (Å²) in [6.07, 6.45) is -1.15. The highest BCUT2D eigenvalue weighted by Crippen LogP contribution is 2.00. The Balaban J connectivity index is 2.27. The van der Waals surface area contributed by atoms with Gasteiger partial charge in [-0.3, -0.25) is 14.4 Å². The second-order valence-corrected chi connectivity index (χ2v) is 5.17. The molecule has 0 aliphatic rings. The number of hydrogen-bond acceptors (Lipinski definition) is 6. The van der Waals surface area contributed by atoms with Crippen molar-refractivity contribution in [1.82, 2.24) is 10.6 Å². The fourth-order valence-corrected chi connectivity index (χ4v) is 1.78. The molecule has 1 rings (SSSR count). The van der Waals surface area contributed by atoms with E-state index in [1.54, 1.807) is 19.1 Å². The molecule has 1 atom stereocenters. The number of rotatable bonds is 9. The summed E-state index contributed by atoms with van der Waals surface area (Å²) >= 11 is 0. The Morgan fingerprint density at radius 1 is 1.08 bits per heavy atom. The zero-order valence-corrected chi connectivity index (χ0v) is 14.2. The van der Waals surface area contributed by atoms with E-state index in [0.29, 0.717) is 0 Å². The molecule has 8 heteroatoms. The number of esters is 1. The standard InChI is InChI=1S/C17H22N2O6/c1-3-24-15(21)9-14(20)10-18-16(22)12(2)19-17(23)25-11-13-7-5-4-6-8-13/h4-8,12H,3,9-11H2,1-2H3,(H,18,22)(H,19,23)/t12-/m0/s1. The average molecular weight is 350 g/mol. The van der Waals surface area contributed by atoms with Gasteiger partial charge in [-0.05, 0) is 19.4 Å². The number of carbonyl (C=O) groups excluding carboxylic acids is 4. The highest BCUT2D eigenvalue weighted by Gasteiger charge is 2.18. The van der Waals surface area contributed by atoms with Gasteiger partial charge in [-0.15, -0.1) is 0 Å². The smallest absolute Gasteiger partial charge is 0.408 e. The monoisotopic (exact) mass is 350 g/mol. The molecule has 25 heavy (non-hydrogen) atoms. The molecule has 2 amide bonds. The predicted octanol–water partition coefficient (Wildman–Crippen LogP) is 0.940. The topological polar surface area (TPSA) is 111 Å². The lowest BCUT2D eigenvalue weighted by Gasteiger charge is -2.14. The molecule has 8 nitrogen and oxygen atoms in total. The van der Waals surface area contributed by atoms with Crippen LogP contribution < -0.4 is 10.6 Å². The summed E-state index contributed by atoms with van der Waals surface area (Å²) in [5, 5.41) is 4.70. The van der Waals surface area contributed by atoms with Crippen molar-refractivity contribution in [3.63, 3.8) is 0 Å². The largest absolute Gasteiger partial charge is 0.466 e. The van der Waals surface area contributed by atoms with Gasteiger partial charge < -0.3 is 20.1 Å². The zero-order valence-electron chi connectivity index (χ0n) is 14.2. The maximum Gasteiger partial charge on any atom is 0.408 e. The van der Waals surface area contributed by atoms with Gasteiger partial charge in [0.05, 0.1) is 13.2 Å². The molecule has 136 valence electrons. The van der Waals surface area contributed by atoms with Crippen LogP contribution in [0.25, 0.3) is 0 Å². The van der Waals surface area contributed by atoms with E-state index in [4.69, 9.17) is 4.74 Å². The van der Waals surface area contributed by atoms with Crippen molar-refractivity contribution in [3.8, 4) is 0 Å². The SMILES string of the molecule is CCOC(=O)CC(=O)CNC(=O)[C@H](C)NC(=O)OCc1ccccc1. The zero-order chi connectivity index (χ0) is 18.7. The van der Waals surface area contributed by atoms with E-state index >= 15 is 0 Å². The van der Waals surface area contributed by atoms with Crippen molar-refractivity contribution in [3.05, 3.63) is 35.9 Å². The first-order chi connectivity index (χ1) is 11.9. The molecular weight excluding hydrogens is 328 g/mol. The van der Waals surface area contributed by atoms with Crippen LogP contribution in [0.4, 0.5) is 4.79 Å². The molecule has 0 aromatic heterocycles. The highest BCUT2D eigenvalue weighted by atomic mass is 16.5. The molecular formula is C17H22N2O6. The molecule has 0 aliphatic heterocycles. The van der Waals surface area contributed by atoms with Gasteiger partial charge in [-0.2, -0.15) is 0 Å². The van der Waals surface area contributed by atoms with Crippen LogP contribution >= 0.6 is 0 Å². The number of Topliss-reactive ketones (excluding diaryl/α,β-unsaturated/α-hetero) is 1. The minimum Gasteiger partial charge on any atom is -0.466 e. The van der Waals surface area contributed by atoms with Crippen molar-refractivity contribution in [2.24, 2.45) is 0 Å². The lowest BCUT2D eigenvalue weighted by molar-refractivity contribution is -0.145. The van der Waals surface area contributed by atoms with Crippen LogP contribution in [0.1, 0.15) is 25.8 Å². The Kier molecular flexibility index (Phi) is 8.70. The third-order valence-corrected chi connectivity index (χ3v) is 3.05. The summed E-state index contributed by atoms with van der Waals surface area (Å²) in [5.41, 5.74) is 0.819. The van der Waals surface area contributed by atoms with E-state index in [1.165, 1.54) is 6.92 Å². The molecule has 0 saturated carbocycles. The van der Waals surface area contributed by atoms with Crippen LogP contribution in [-0.4, -0.2) is 42.9 Å². The van der Waals surface area contributed by atoms with Crippen LogP contribution in [-0.2, 0) is 30.5 Å². The number of ketones is 1. The van der Waals surface area contributed by atoms with E-state index < -0.39 is 36.2 Å². The first kappa shape index (κ1) is 20.1. The fraction of sp³-hybridized carbons (Fsp3) is 0.412. The first-order valence-electron chi connectivity index (χ1n) is 7.84. The van der Waals surface area contributed by atoms with Gasteiger partial charge >= 0.3 is 12.1 Å². The van der Waals surface area contributed by atoms with Crippen LogP contribution in [0.3, 0.4) is 0 Å². The van der Waals surface area contributed by atoms with Crippen molar-refractivity contribution in [2.75, 3.05) is 13.2 Å². The third kappa shape index (κ3) is 8.50. The third-order valence-electron chi connectivity index (χ3n) is 3.05. The van der Waals surface area contributed by atoms with Gasteiger partial charge in [0.25, 0.3) is 0 Å². The molecule has 0 radical (unpaired) electrons. The molecule has 0 saturated heterocycles. The number of nitrogens with one attached hydrogen (secondary N) is 2. The first-order valence-corrected chi connectivity index (χ1v) is 7.84. The van der Waals surface area contributed by atoms with E-state index in [-0.39, 0.29) is 19.8 Å². The highest BCUT2D eigenvalue weighted by molar-refractivity contribution is 5.98. The fourth-order valence-electron chi connectivity index (χ4n) is 1.78. The Morgan fingerprint density at radius 3 is 2.40 bits per heavy atom. The second kappa shape index (κ2) is 10.8. The summed E-state index contributed by atoms with van der Waals surface area (Å²) in [6.45, 7) is 3.04. The normalized spacial score (nSPS) is 11.1. The predicted molar refractivity (Wildman–Crippen MR) is 88.5 cm³/mol. The quantitative estimate of drug-likeness (QED) is 0.506. The van der Waals surface area contributed by atoms with Crippen molar-refractivity contribution >= 4 is 23.8 Å². The number of hydrogen-bond donors (Lipinski definition) is 2. The molecule has 0 bridgehead atoms. The van der Waals surface area contributed by atoms with Crippen molar-refractivity contribution in [2.45, 2.75) is 32.9 Å². The Hall–Kier alpha value is -2.90. The average Bonchev–Trinajstić information content (AvgIpc) is 2.58. The summed E-state index contributed by atoms with van der Waals surface area (Å²) in [4.78, 5) is 46.1. The van der Waals surface area contributed by atoms with Gasteiger partial charge in [0.1, 0.15) is 19.1 Å². The summed E-state index contributed by atoms with van der Waals surface area (Å²) < 4.78 is 9.63. The molecule has 0 fully saturated rings. The van der Waals surface area contributed by atoms with Crippen LogP contribution in [0, 0.1) is 0 Å². The number of alkyl carbamates (subject to hydrolysis) is 1.